The second-order valence-electron chi connectivity index (χ2n) is 6.50. The van der Waals surface area contributed by atoms with Crippen molar-refractivity contribution in [2.24, 2.45) is 0 Å². The standard InChI is InChI=1S/C18H17ClN2O3S/c1-10-14-5-2-12(9-17(14)25(23,24)21-10)18(22)20-16-7-3-11-8-13(19)4-6-15(11)16/h2,4-6,8-10,16,21H,3,7H2,1H3,(H,20,22)/t10-,16+/m0/s1. The Morgan fingerprint density at radius 1 is 1.20 bits per heavy atom. The van der Waals surface area contributed by atoms with Gasteiger partial charge < -0.3 is 5.32 Å². The Kier molecular flexibility index (Phi) is 3.86. The molecule has 1 aliphatic carbocycles. The number of fused-ring (bicyclic) bond motifs is 2. The largest absolute Gasteiger partial charge is 0.345 e. The van der Waals surface area contributed by atoms with Crippen molar-refractivity contribution in [2.45, 2.75) is 36.7 Å². The predicted octanol–water partition coefficient (Wildman–Crippen LogP) is 3.11. The van der Waals surface area contributed by atoms with Crippen molar-refractivity contribution in [1.82, 2.24) is 10.0 Å². The first-order valence-corrected chi connectivity index (χ1v) is 9.97. The molecule has 0 fully saturated rings. The van der Waals surface area contributed by atoms with Gasteiger partial charge in [0.1, 0.15) is 0 Å². The molecule has 0 radical (unpaired) electrons. The summed E-state index contributed by atoms with van der Waals surface area (Å²) < 4.78 is 26.8. The van der Waals surface area contributed by atoms with Crippen LogP contribution in [0.5, 0.6) is 0 Å². The van der Waals surface area contributed by atoms with Crippen LogP contribution in [0.4, 0.5) is 0 Å². The lowest BCUT2D eigenvalue weighted by Gasteiger charge is -2.15. The molecule has 0 unspecified atom stereocenters. The maximum atomic E-state index is 12.6. The number of nitrogens with one attached hydrogen (secondary N) is 2. The molecule has 4 rings (SSSR count). The summed E-state index contributed by atoms with van der Waals surface area (Å²) in [4.78, 5) is 12.8. The fourth-order valence-electron chi connectivity index (χ4n) is 3.60. The van der Waals surface area contributed by atoms with Crippen LogP contribution in [0, 0.1) is 0 Å². The second-order valence-corrected chi connectivity index (χ2v) is 8.62. The van der Waals surface area contributed by atoms with E-state index in [1.54, 1.807) is 19.1 Å². The van der Waals surface area contributed by atoms with Gasteiger partial charge in [-0.2, -0.15) is 0 Å². The zero-order valence-corrected chi connectivity index (χ0v) is 15.1. The molecule has 0 saturated carbocycles. The number of hydrogen-bond acceptors (Lipinski definition) is 3. The molecule has 25 heavy (non-hydrogen) atoms. The number of hydrogen-bond donors (Lipinski definition) is 2. The molecule has 0 saturated heterocycles. The van der Waals surface area contributed by atoms with Gasteiger partial charge in [-0.3, -0.25) is 4.79 Å². The van der Waals surface area contributed by atoms with Gasteiger partial charge in [-0.25, -0.2) is 13.1 Å². The molecule has 2 N–H and O–H groups in total. The first-order chi connectivity index (χ1) is 11.8. The summed E-state index contributed by atoms with van der Waals surface area (Å²) >= 11 is 6.02. The lowest BCUT2D eigenvalue weighted by molar-refractivity contribution is 0.0936. The quantitative estimate of drug-likeness (QED) is 0.845. The van der Waals surface area contributed by atoms with E-state index in [4.69, 9.17) is 11.6 Å². The van der Waals surface area contributed by atoms with Gasteiger partial charge in [-0.1, -0.05) is 23.7 Å². The highest BCUT2D eigenvalue weighted by atomic mass is 35.5. The van der Waals surface area contributed by atoms with Gasteiger partial charge in [-0.05, 0) is 60.7 Å². The van der Waals surface area contributed by atoms with E-state index in [1.165, 1.54) is 6.07 Å². The smallest absolute Gasteiger partial charge is 0.251 e. The summed E-state index contributed by atoms with van der Waals surface area (Å²) in [5.41, 5.74) is 3.26. The number of amides is 1. The fourth-order valence-corrected chi connectivity index (χ4v) is 5.35. The highest BCUT2D eigenvalue weighted by Gasteiger charge is 2.32. The molecule has 2 aliphatic rings. The molecule has 1 heterocycles. The fraction of sp³-hybridized carbons (Fsp3) is 0.278. The van der Waals surface area contributed by atoms with Crippen LogP contribution < -0.4 is 10.0 Å². The van der Waals surface area contributed by atoms with Crippen LogP contribution in [0.2, 0.25) is 5.02 Å². The molecule has 0 bridgehead atoms. The third kappa shape index (κ3) is 2.84. The van der Waals surface area contributed by atoms with Gasteiger partial charge >= 0.3 is 0 Å². The van der Waals surface area contributed by atoms with Crippen LogP contribution >= 0.6 is 11.6 Å². The summed E-state index contributed by atoms with van der Waals surface area (Å²) in [5, 5.41) is 3.69. The van der Waals surface area contributed by atoms with Gasteiger partial charge in [0, 0.05) is 16.6 Å². The Morgan fingerprint density at radius 3 is 2.76 bits per heavy atom. The zero-order valence-electron chi connectivity index (χ0n) is 13.5. The number of benzene rings is 2. The monoisotopic (exact) mass is 376 g/mol. The number of sulfonamides is 1. The van der Waals surface area contributed by atoms with E-state index >= 15 is 0 Å². The van der Waals surface area contributed by atoms with Gasteiger partial charge in [0.2, 0.25) is 10.0 Å². The van der Waals surface area contributed by atoms with Crippen molar-refractivity contribution in [3.63, 3.8) is 0 Å². The lowest BCUT2D eigenvalue weighted by atomic mass is 10.1. The molecule has 0 aromatic heterocycles. The average molecular weight is 377 g/mol. The van der Waals surface area contributed by atoms with E-state index in [0.29, 0.717) is 16.1 Å². The van der Waals surface area contributed by atoms with Gasteiger partial charge in [0.25, 0.3) is 5.91 Å². The number of aryl methyl sites for hydroxylation is 1. The van der Waals surface area contributed by atoms with Crippen LogP contribution in [0.25, 0.3) is 0 Å². The van der Waals surface area contributed by atoms with E-state index < -0.39 is 10.0 Å². The summed E-state index contributed by atoms with van der Waals surface area (Å²) in [6.45, 7) is 1.78. The molecule has 2 aromatic carbocycles. The number of carbonyl (C=O) groups is 1. The Morgan fingerprint density at radius 2 is 1.96 bits per heavy atom. The van der Waals surface area contributed by atoms with Crippen molar-refractivity contribution < 1.29 is 13.2 Å². The third-order valence-electron chi connectivity index (χ3n) is 4.85. The molecule has 130 valence electrons. The molecule has 1 aliphatic heterocycles. The highest BCUT2D eigenvalue weighted by molar-refractivity contribution is 7.89. The number of rotatable bonds is 2. The first kappa shape index (κ1) is 16.6. The van der Waals surface area contributed by atoms with Gasteiger partial charge in [0.05, 0.1) is 10.9 Å². The van der Waals surface area contributed by atoms with Crippen LogP contribution in [0.1, 0.15) is 52.5 Å². The molecule has 7 heteroatoms. The van der Waals surface area contributed by atoms with Crippen molar-refractivity contribution in [1.29, 1.82) is 0 Å². The highest BCUT2D eigenvalue weighted by Crippen LogP contribution is 2.34. The van der Waals surface area contributed by atoms with Crippen molar-refractivity contribution in [3.8, 4) is 0 Å². The Balaban J connectivity index is 1.60. The Labute approximate surface area is 151 Å². The number of carbonyl (C=O) groups excluding carboxylic acids is 1. The number of halogens is 1. The maximum Gasteiger partial charge on any atom is 0.251 e. The van der Waals surface area contributed by atoms with Gasteiger partial charge in [-0.15, -0.1) is 0 Å². The molecule has 2 atom stereocenters. The molecule has 2 aromatic rings. The lowest BCUT2D eigenvalue weighted by Crippen LogP contribution is -2.27. The van der Waals surface area contributed by atoms with E-state index in [1.807, 2.05) is 18.2 Å². The summed E-state index contributed by atoms with van der Waals surface area (Å²) in [6.07, 6.45) is 1.67. The molecule has 0 spiro atoms. The van der Waals surface area contributed by atoms with Crippen LogP contribution in [0.3, 0.4) is 0 Å². The van der Waals surface area contributed by atoms with Gasteiger partial charge in [0.15, 0.2) is 0 Å². The summed E-state index contributed by atoms with van der Waals surface area (Å²) in [6, 6.07) is 10.2. The zero-order chi connectivity index (χ0) is 17.8. The van der Waals surface area contributed by atoms with E-state index in [0.717, 1.165) is 24.0 Å². The minimum Gasteiger partial charge on any atom is -0.345 e. The topological polar surface area (TPSA) is 75.3 Å². The maximum absolute atomic E-state index is 12.6. The van der Waals surface area contributed by atoms with Crippen LogP contribution in [-0.2, 0) is 16.4 Å². The summed E-state index contributed by atoms with van der Waals surface area (Å²) in [5.74, 6) is -0.273. The third-order valence-corrected chi connectivity index (χ3v) is 6.68. The second kappa shape index (κ2) is 5.83. The Bertz CT molecular complexity index is 988. The van der Waals surface area contributed by atoms with Crippen molar-refractivity contribution in [2.75, 3.05) is 0 Å². The normalized spacial score (nSPS) is 23.1. The Hall–Kier alpha value is -1.89. The van der Waals surface area contributed by atoms with Crippen molar-refractivity contribution in [3.05, 3.63) is 63.7 Å². The molecular weight excluding hydrogens is 360 g/mol. The molecular formula is C18H17ClN2O3S. The van der Waals surface area contributed by atoms with Crippen LogP contribution in [0.15, 0.2) is 41.3 Å². The first-order valence-electron chi connectivity index (χ1n) is 8.10. The van der Waals surface area contributed by atoms with E-state index in [-0.39, 0.29) is 22.9 Å². The molecule has 5 nitrogen and oxygen atoms in total. The van der Waals surface area contributed by atoms with Crippen molar-refractivity contribution >= 4 is 27.5 Å². The summed E-state index contributed by atoms with van der Waals surface area (Å²) in [7, 11) is -3.54. The minimum atomic E-state index is -3.54. The average Bonchev–Trinajstić information content (AvgIpc) is 3.05. The van der Waals surface area contributed by atoms with Crippen LogP contribution in [-0.4, -0.2) is 14.3 Å². The minimum absolute atomic E-state index is 0.0818. The molecule has 1 amide bonds. The van der Waals surface area contributed by atoms with E-state index in [2.05, 4.69) is 10.0 Å². The predicted molar refractivity (Wildman–Crippen MR) is 95.2 cm³/mol. The van der Waals surface area contributed by atoms with E-state index in [9.17, 15) is 13.2 Å². The SMILES string of the molecule is C[C@@H]1NS(=O)(=O)c2cc(C(=O)N[C@@H]3CCc4cc(Cl)ccc43)ccc21.